The van der Waals surface area contributed by atoms with Crippen LogP contribution in [0.3, 0.4) is 0 Å². The molecule has 23 heavy (non-hydrogen) atoms. The van der Waals surface area contributed by atoms with Crippen LogP contribution in [0, 0.1) is 0 Å². The van der Waals surface area contributed by atoms with Gasteiger partial charge in [0.2, 0.25) is 0 Å². The Labute approximate surface area is 138 Å². The number of benzene rings is 1. The van der Waals surface area contributed by atoms with Crippen molar-refractivity contribution in [3.8, 4) is 5.69 Å². The van der Waals surface area contributed by atoms with Gasteiger partial charge < -0.3 is 9.30 Å². The third-order valence-electron chi connectivity index (χ3n) is 3.35. The minimum absolute atomic E-state index is 0.123. The van der Waals surface area contributed by atoms with Gasteiger partial charge in [-0.25, -0.2) is 4.68 Å². The van der Waals surface area contributed by atoms with Gasteiger partial charge in [0.1, 0.15) is 6.33 Å². The third-order valence-corrected chi connectivity index (χ3v) is 4.47. The van der Waals surface area contributed by atoms with Crippen molar-refractivity contribution < 1.29 is 4.74 Å². The van der Waals surface area contributed by atoms with E-state index in [4.69, 9.17) is 4.74 Å². The molecule has 2 aromatic heterocycles. The Morgan fingerprint density at radius 1 is 1.22 bits per heavy atom. The molecule has 8 heteroatoms. The second kappa shape index (κ2) is 7.38. The molecule has 0 saturated carbocycles. The first-order chi connectivity index (χ1) is 11.3. The third kappa shape index (κ3) is 3.77. The molecular formula is C15H18N6OS. The zero-order valence-electron chi connectivity index (χ0n) is 13.0. The van der Waals surface area contributed by atoms with Crippen molar-refractivity contribution in [1.29, 1.82) is 0 Å². The van der Waals surface area contributed by atoms with Gasteiger partial charge in [0.25, 0.3) is 0 Å². The molecule has 0 unspecified atom stereocenters. The molecule has 7 nitrogen and oxygen atoms in total. The molecule has 0 amide bonds. The van der Waals surface area contributed by atoms with Crippen molar-refractivity contribution in [3.63, 3.8) is 0 Å². The molecule has 0 radical (unpaired) electrons. The number of nitrogens with zero attached hydrogens (tertiary/aromatic N) is 6. The Morgan fingerprint density at radius 3 is 2.83 bits per heavy atom. The van der Waals surface area contributed by atoms with Crippen molar-refractivity contribution in [1.82, 2.24) is 29.8 Å². The highest BCUT2D eigenvalue weighted by Gasteiger charge is 2.16. The van der Waals surface area contributed by atoms with Crippen molar-refractivity contribution in [2.45, 2.75) is 23.9 Å². The van der Waals surface area contributed by atoms with E-state index in [0.29, 0.717) is 6.61 Å². The molecule has 2 heterocycles. The summed E-state index contributed by atoms with van der Waals surface area (Å²) in [5.41, 5.74) is 1.90. The average Bonchev–Trinajstić information content (AvgIpc) is 3.23. The maximum absolute atomic E-state index is 5.10. The van der Waals surface area contributed by atoms with Crippen molar-refractivity contribution >= 4 is 11.8 Å². The van der Waals surface area contributed by atoms with E-state index >= 15 is 0 Å². The van der Waals surface area contributed by atoms with E-state index < -0.39 is 0 Å². The lowest BCUT2D eigenvalue weighted by Gasteiger charge is -2.08. The molecule has 0 aliphatic rings. The van der Waals surface area contributed by atoms with E-state index in [1.54, 1.807) is 29.9 Å². The highest BCUT2D eigenvalue weighted by molar-refractivity contribution is 7.99. The summed E-state index contributed by atoms with van der Waals surface area (Å²) in [5.74, 6) is 0. The highest BCUT2D eigenvalue weighted by atomic mass is 32.2. The number of rotatable bonds is 7. The molecule has 120 valence electrons. The fourth-order valence-electron chi connectivity index (χ4n) is 2.07. The van der Waals surface area contributed by atoms with Gasteiger partial charge in [-0.05, 0) is 19.1 Å². The van der Waals surface area contributed by atoms with Crippen LogP contribution in [0.4, 0.5) is 0 Å². The van der Waals surface area contributed by atoms with Gasteiger partial charge in [-0.15, -0.1) is 15.3 Å². The number of hydrogen-bond donors (Lipinski definition) is 0. The lowest BCUT2D eigenvalue weighted by molar-refractivity contribution is 0.184. The van der Waals surface area contributed by atoms with E-state index in [9.17, 15) is 0 Å². The Balaban J connectivity index is 1.71. The Bertz CT molecular complexity index is 741. The fourth-order valence-corrected chi connectivity index (χ4v) is 2.98. The molecule has 1 aromatic carbocycles. The van der Waals surface area contributed by atoms with Crippen LogP contribution in [0.15, 0.2) is 48.0 Å². The monoisotopic (exact) mass is 330 g/mol. The predicted octanol–water partition coefficient (Wildman–Crippen LogP) is 2.36. The van der Waals surface area contributed by atoms with Gasteiger partial charge in [0.05, 0.1) is 29.4 Å². The summed E-state index contributed by atoms with van der Waals surface area (Å²) in [6, 6.07) is 9.93. The van der Waals surface area contributed by atoms with E-state index in [0.717, 1.165) is 23.1 Å². The first kappa shape index (κ1) is 15.7. The minimum Gasteiger partial charge on any atom is -0.383 e. The van der Waals surface area contributed by atoms with Crippen molar-refractivity contribution in [2.75, 3.05) is 13.7 Å². The molecular weight excluding hydrogens is 312 g/mol. The zero-order valence-corrected chi connectivity index (χ0v) is 13.8. The molecule has 0 N–H and O–H groups in total. The second-order valence-electron chi connectivity index (χ2n) is 4.98. The fraction of sp³-hybridized carbons (Fsp3) is 0.333. The first-order valence-corrected chi connectivity index (χ1v) is 8.17. The van der Waals surface area contributed by atoms with Crippen molar-refractivity contribution in [3.05, 3.63) is 48.5 Å². The summed E-state index contributed by atoms with van der Waals surface area (Å²) in [6.07, 6.45) is 3.66. The van der Waals surface area contributed by atoms with E-state index in [-0.39, 0.29) is 5.25 Å². The van der Waals surface area contributed by atoms with E-state index in [1.165, 1.54) is 0 Å². The Hall–Kier alpha value is -2.19. The van der Waals surface area contributed by atoms with Gasteiger partial charge in [-0.3, -0.25) is 0 Å². The van der Waals surface area contributed by atoms with Gasteiger partial charge in [-0.2, -0.15) is 0 Å². The standard InChI is InChI=1S/C15H18N6OS/c1-12(23-15-18-16-11-20(15)8-9-22-2)14-10-21(19-17-14)13-6-4-3-5-7-13/h3-7,10-12H,8-9H2,1-2H3/t12-/m1/s1. The summed E-state index contributed by atoms with van der Waals surface area (Å²) < 4.78 is 8.86. The molecule has 0 spiro atoms. The smallest absolute Gasteiger partial charge is 0.191 e. The molecule has 0 aliphatic carbocycles. The minimum atomic E-state index is 0.123. The summed E-state index contributed by atoms with van der Waals surface area (Å²) in [5, 5.41) is 17.6. The number of hydrogen-bond acceptors (Lipinski definition) is 6. The van der Waals surface area contributed by atoms with Crippen LogP contribution in [0.2, 0.25) is 0 Å². The number of aromatic nitrogens is 6. The normalized spacial score (nSPS) is 12.4. The number of thioether (sulfide) groups is 1. The van der Waals surface area contributed by atoms with E-state index in [2.05, 4.69) is 27.4 Å². The van der Waals surface area contributed by atoms with Crippen molar-refractivity contribution in [2.24, 2.45) is 0 Å². The number of para-hydroxylation sites is 1. The molecule has 0 saturated heterocycles. The lowest BCUT2D eigenvalue weighted by Crippen LogP contribution is -2.05. The molecule has 0 fully saturated rings. The first-order valence-electron chi connectivity index (χ1n) is 7.29. The average molecular weight is 330 g/mol. The lowest BCUT2D eigenvalue weighted by atomic mass is 10.3. The second-order valence-corrected chi connectivity index (χ2v) is 6.29. The van der Waals surface area contributed by atoms with Crippen LogP contribution in [-0.4, -0.2) is 43.5 Å². The number of ether oxygens (including phenoxy) is 1. The summed E-state index contributed by atoms with van der Waals surface area (Å²) >= 11 is 1.61. The zero-order chi connectivity index (χ0) is 16.1. The van der Waals surface area contributed by atoms with Crippen LogP contribution in [0.1, 0.15) is 17.9 Å². The summed E-state index contributed by atoms with van der Waals surface area (Å²) in [6.45, 7) is 3.44. The maximum atomic E-state index is 5.10. The molecule has 0 aliphatic heterocycles. The largest absolute Gasteiger partial charge is 0.383 e. The Kier molecular flexibility index (Phi) is 5.04. The molecule has 0 bridgehead atoms. The van der Waals surface area contributed by atoms with Gasteiger partial charge in [0.15, 0.2) is 5.16 Å². The SMILES string of the molecule is COCCn1cnnc1S[C@H](C)c1cn(-c2ccccc2)nn1. The van der Waals surface area contributed by atoms with Crippen LogP contribution >= 0.6 is 11.8 Å². The Morgan fingerprint density at radius 2 is 2.04 bits per heavy atom. The highest BCUT2D eigenvalue weighted by Crippen LogP contribution is 2.32. The van der Waals surface area contributed by atoms with Crippen LogP contribution in [0.5, 0.6) is 0 Å². The maximum Gasteiger partial charge on any atom is 0.191 e. The van der Waals surface area contributed by atoms with E-state index in [1.807, 2.05) is 41.1 Å². The van der Waals surface area contributed by atoms with Gasteiger partial charge in [0, 0.05) is 13.7 Å². The van der Waals surface area contributed by atoms with Gasteiger partial charge in [-0.1, -0.05) is 35.2 Å². The molecule has 3 rings (SSSR count). The number of methoxy groups -OCH3 is 1. The summed E-state index contributed by atoms with van der Waals surface area (Å²) in [4.78, 5) is 0. The molecule has 1 atom stereocenters. The summed E-state index contributed by atoms with van der Waals surface area (Å²) in [7, 11) is 1.68. The topological polar surface area (TPSA) is 70.7 Å². The van der Waals surface area contributed by atoms with Gasteiger partial charge >= 0.3 is 0 Å². The van der Waals surface area contributed by atoms with Crippen LogP contribution in [0.25, 0.3) is 5.69 Å². The quantitative estimate of drug-likeness (QED) is 0.619. The molecule has 3 aromatic rings. The van der Waals surface area contributed by atoms with Crippen LogP contribution < -0.4 is 0 Å². The van der Waals surface area contributed by atoms with Crippen LogP contribution in [-0.2, 0) is 11.3 Å². The predicted molar refractivity (Wildman–Crippen MR) is 87.5 cm³/mol.